The Labute approximate surface area is 170 Å². The molecule has 2 atom stereocenters. The Balaban J connectivity index is 1.61. The Morgan fingerprint density at radius 1 is 0.966 bits per heavy atom. The minimum Gasteiger partial charge on any atom is -0.469 e. The number of hydrogen-bond donors (Lipinski definition) is 2. The molecule has 3 aromatic rings. The highest BCUT2D eigenvalue weighted by molar-refractivity contribution is 5.83. The molecule has 0 aromatic heterocycles. The van der Waals surface area contributed by atoms with Gasteiger partial charge in [0, 0.05) is 19.0 Å². The number of benzene rings is 3. The normalized spacial score (nSPS) is 12.9. The fraction of sp³-hybridized carbons (Fsp3) is 0.250. The quantitative estimate of drug-likeness (QED) is 0.578. The van der Waals surface area contributed by atoms with Crippen molar-refractivity contribution in [2.75, 3.05) is 13.7 Å². The molecule has 0 aliphatic carbocycles. The third-order valence-corrected chi connectivity index (χ3v) is 5.01. The van der Waals surface area contributed by atoms with Crippen molar-refractivity contribution < 1.29 is 14.3 Å². The summed E-state index contributed by atoms with van der Waals surface area (Å²) in [5, 5.41) is 5.10. The maximum Gasteiger partial charge on any atom is 0.310 e. The topological polar surface area (TPSA) is 81.4 Å². The van der Waals surface area contributed by atoms with Gasteiger partial charge in [0.1, 0.15) is 0 Å². The SMILES string of the molecule is COC(=O)C(CNC(=O)CC(N)c1ccccc1)Cc1ccc2ccccc2c1. The van der Waals surface area contributed by atoms with E-state index in [1.807, 2.05) is 66.7 Å². The molecule has 0 heterocycles. The Morgan fingerprint density at radius 2 is 1.66 bits per heavy atom. The predicted molar refractivity (Wildman–Crippen MR) is 114 cm³/mol. The summed E-state index contributed by atoms with van der Waals surface area (Å²) in [4.78, 5) is 24.6. The molecule has 3 rings (SSSR count). The van der Waals surface area contributed by atoms with Crippen LogP contribution in [-0.2, 0) is 20.7 Å². The lowest BCUT2D eigenvalue weighted by Crippen LogP contribution is -2.36. The van der Waals surface area contributed by atoms with Gasteiger partial charge in [0.15, 0.2) is 0 Å². The molecule has 0 saturated heterocycles. The van der Waals surface area contributed by atoms with Crippen LogP contribution in [0.15, 0.2) is 72.8 Å². The van der Waals surface area contributed by atoms with E-state index in [1.165, 1.54) is 7.11 Å². The lowest BCUT2D eigenvalue weighted by Gasteiger charge is -2.17. The third-order valence-electron chi connectivity index (χ3n) is 5.01. The number of esters is 1. The summed E-state index contributed by atoms with van der Waals surface area (Å²) in [6.45, 7) is 0.208. The molecule has 29 heavy (non-hydrogen) atoms. The van der Waals surface area contributed by atoms with Crippen LogP contribution in [0.2, 0.25) is 0 Å². The Morgan fingerprint density at radius 3 is 2.38 bits per heavy atom. The van der Waals surface area contributed by atoms with Gasteiger partial charge in [0.25, 0.3) is 0 Å². The van der Waals surface area contributed by atoms with Gasteiger partial charge >= 0.3 is 5.97 Å². The van der Waals surface area contributed by atoms with Gasteiger partial charge in [-0.05, 0) is 28.3 Å². The highest BCUT2D eigenvalue weighted by Crippen LogP contribution is 2.19. The van der Waals surface area contributed by atoms with E-state index >= 15 is 0 Å². The summed E-state index contributed by atoms with van der Waals surface area (Å²) in [6, 6.07) is 23.3. The molecule has 5 nitrogen and oxygen atoms in total. The van der Waals surface area contributed by atoms with E-state index in [0.29, 0.717) is 6.42 Å². The Kier molecular flexibility index (Phi) is 6.98. The van der Waals surface area contributed by atoms with Crippen molar-refractivity contribution in [3.05, 3.63) is 83.9 Å². The smallest absolute Gasteiger partial charge is 0.310 e. The molecular weight excluding hydrogens is 364 g/mol. The van der Waals surface area contributed by atoms with Crippen LogP contribution in [-0.4, -0.2) is 25.5 Å². The van der Waals surface area contributed by atoms with Gasteiger partial charge in [0.05, 0.1) is 13.0 Å². The molecule has 0 fully saturated rings. The zero-order valence-electron chi connectivity index (χ0n) is 16.5. The van der Waals surface area contributed by atoms with E-state index in [-0.39, 0.29) is 30.9 Å². The van der Waals surface area contributed by atoms with Crippen molar-refractivity contribution in [1.82, 2.24) is 5.32 Å². The summed E-state index contributed by atoms with van der Waals surface area (Å²) in [5.41, 5.74) is 8.04. The molecule has 1 amide bonds. The number of methoxy groups -OCH3 is 1. The largest absolute Gasteiger partial charge is 0.469 e. The van der Waals surface area contributed by atoms with Gasteiger partial charge in [-0.1, -0.05) is 72.8 Å². The van der Waals surface area contributed by atoms with Crippen LogP contribution in [0.5, 0.6) is 0 Å². The molecule has 0 bridgehead atoms. The lowest BCUT2D eigenvalue weighted by molar-refractivity contribution is -0.145. The van der Waals surface area contributed by atoms with Gasteiger partial charge in [-0.25, -0.2) is 0 Å². The first-order valence-corrected chi connectivity index (χ1v) is 9.69. The minimum atomic E-state index is -0.460. The zero-order chi connectivity index (χ0) is 20.6. The molecule has 3 aromatic carbocycles. The van der Waals surface area contributed by atoms with Crippen LogP contribution in [0.4, 0.5) is 0 Å². The van der Waals surface area contributed by atoms with E-state index in [9.17, 15) is 9.59 Å². The molecule has 0 spiro atoms. The van der Waals surface area contributed by atoms with Crippen molar-refractivity contribution in [3.63, 3.8) is 0 Å². The first-order valence-electron chi connectivity index (χ1n) is 9.69. The molecule has 2 unspecified atom stereocenters. The van der Waals surface area contributed by atoms with E-state index < -0.39 is 5.92 Å². The Hall–Kier alpha value is -3.18. The molecule has 150 valence electrons. The molecule has 5 heteroatoms. The standard InChI is InChI=1S/C24H26N2O3/c1-29-24(28)21(14-17-11-12-18-7-5-6-10-20(18)13-17)16-26-23(27)15-22(25)19-8-3-2-4-9-19/h2-13,21-22H,14-16,25H2,1H3,(H,26,27). The highest BCUT2D eigenvalue weighted by Gasteiger charge is 2.21. The second-order valence-electron chi connectivity index (χ2n) is 7.13. The van der Waals surface area contributed by atoms with Crippen molar-refractivity contribution in [2.24, 2.45) is 11.7 Å². The van der Waals surface area contributed by atoms with Crippen molar-refractivity contribution in [1.29, 1.82) is 0 Å². The number of ether oxygens (including phenoxy) is 1. The number of carbonyl (C=O) groups is 2. The summed E-state index contributed by atoms with van der Waals surface area (Å²) in [5.74, 6) is -0.988. The monoisotopic (exact) mass is 390 g/mol. The summed E-state index contributed by atoms with van der Waals surface area (Å²) >= 11 is 0. The number of rotatable bonds is 8. The van der Waals surface area contributed by atoms with Gasteiger partial charge in [-0.15, -0.1) is 0 Å². The molecular formula is C24H26N2O3. The van der Waals surface area contributed by atoms with Gasteiger partial charge in [0.2, 0.25) is 5.91 Å². The van der Waals surface area contributed by atoms with Crippen molar-refractivity contribution in [2.45, 2.75) is 18.9 Å². The second-order valence-corrected chi connectivity index (χ2v) is 7.13. The summed E-state index contributed by atoms with van der Waals surface area (Å²) < 4.78 is 4.94. The van der Waals surface area contributed by atoms with Crippen LogP contribution in [0.25, 0.3) is 10.8 Å². The lowest BCUT2D eigenvalue weighted by atomic mass is 9.97. The average molecular weight is 390 g/mol. The van der Waals surface area contributed by atoms with Crippen LogP contribution >= 0.6 is 0 Å². The van der Waals surface area contributed by atoms with Crippen LogP contribution in [0.1, 0.15) is 23.6 Å². The number of amides is 1. The average Bonchev–Trinajstić information content (AvgIpc) is 2.76. The maximum absolute atomic E-state index is 12.3. The first-order chi connectivity index (χ1) is 14.1. The molecule has 0 saturated carbocycles. The summed E-state index contributed by atoms with van der Waals surface area (Å²) in [7, 11) is 1.36. The zero-order valence-corrected chi connectivity index (χ0v) is 16.5. The van der Waals surface area contributed by atoms with Crippen molar-refractivity contribution in [3.8, 4) is 0 Å². The molecule has 3 N–H and O–H groups in total. The highest BCUT2D eigenvalue weighted by atomic mass is 16.5. The molecule has 0 radical (unpaired) electrons. The number of fused-ring (bicyclic) bond motifs is 1. The predicted octanol–water partition coefficient (Wildman–Crippen LogP) is 3.38. The number of hydrogen-bond acceptors (Lipinski definition) is 4. The van der Waals surface area contributed by atoms with E-state index in [4.69, 9.17) is 10.5 Å². The second kappa shape index (κ2) is 9.85. The number of carbonyl (C=O) groups excluding carboxylic acids is 2. The van der Waals surface area contributed by atoms with Gasteiger partial charge in [-0.3, -0.25) is 9.59 Å². The van der Waals surface area contributed by atoms with E-state index in [0.717, 1.165) is 21.9 Å². The van der Waals surface area contributed by atoms with Crippen LogP contribution in [0, 0.1) is 5.92 Å². The fourth-order valence-electron chi connectivity index (χ4n) is 3.38. The summed E-state index contributed by atoms with van der Waals surface area (Å²) in [6.07, 6.45) is 0.649. The Bertz CT molecular complexity index is 972. The van der Waals surface area contributed by atoms with Gasteiger partial charge in [-0.2, -0.15) is 0 Å². The van der Waals surface area contributed by atoms with Crippen molar-refractivity contribution >= 4 is 22.6 Å². The van der Waals surface area contributed by atoms with E-state index in [2.05, 4.69) is 11.4 Å². The number of nitrogens with one attached hydrogen (secondary N) is 1. The van der Waals surface area contributed by atoms with Crippen LogP contribution < -0.4 is 11.1 Å². The first kappa shape index (κ1) is 20.6. The van der Waals surface area contributed by atoms with E-state index in [1.54, 1.807) is 0 Å². The fourth-order valence-corrected chi connectivity index (χ4v) is 3.38. The minimum absolute atomic E-state index is 0.161. The maximum atomic E-state index is 12.3. The molecule has 0 aliphatic heterocycles. The van der Waals surface area contributed by atoms with Crippen LogP contribution in [0.3, 0.4) is 0 Å². The number of nitrogens with two attached hydrogens (primary N) is 1. The third kappa shape index (κ3) is 5.65. The molecule has 0 aliphatic rings. The van der Waals surface area contributed by atoms with Gasteiger partial charge < -0.3 is 15.8 Å².